The van der Waals surface area contributed by atoms with Crippen molar-refractivity contribution in [2.75, 3.05) is 11.1 Å². The zero-order chi connectivity index (χ0) is 19.4. The zero-order valence-corrected chi connectivity index (χ0v) is 15.9. The van der Waals surface area contributed by atoms with Gasteiger partial charge in [0.15, 0.2) is 5.78 Å². The van der Waals surface area contributed by atoms with Crippen molar-refractivity contribution in [3.05, 3.63) is 75.8 Å². The lowest BCUT2D eigenvalue weighted by atomic mass is 10.1. The van der Waals surface area contributed by atoms with Crippen LogP contribution in [0.2, 0.25) is 0 Å². The minimum Gasteiger partial charge on any atom is -0.325 e. The van der Waals surface area contributed by atoms with Crippen LogP contribution in [-0.4, -0.2) is 26.8 Å². The number of carbonyl (C=O) groups is 2. The molecule has 1 aromatic carbocycles. The number of pyridine rings is 1. The highest BCUT2D eigenvalue weighted by Crippen LogP contribution is 2.14. The van der Waals surface area contributed by atoms with Crippen molar-refractivity contribution in [3.8, 4) is 0 Å². The Labute approximate surface area is 160 Å². The minimum atomic E-state index is -0.172. The van der Waals surface area contributed by atoms with Crippen molar-refractivity contribution in [1.82, 2.24) is 9.38 Å². The number of ketones is 1. The number of aromatic nitrogens is 2. The smallest absolute Gasteiger partial charge is 0.258 e. The summed E-state index contributed by atoms with van der Waals surface area (Å²) >= 11 is 1.37. The second-order valence-electron chi connectivity index (χ2n) is 6.20. The number of anilines is 1. The lowest BCUT2D eigenvalue weighted by Crippen LogP contribution is -2.16. The number of aryl methyl sites for hydroxylation is 1. The van der Waals surface area contributed by atoms with Gasteiger partial charge in [-0.15, -0.1) is 11.8 Å². The van der Waals surface area contributed by atoms with E-state index >= 15 is 0 Å². The van der Waals surface area contributed by atoms with Crippen LogP contribution in [0.4, 0.5) is 5.69 Å². The normalized spacial score (nSPS) is 10.7. The molecule has 0 spiro atoms. The van der Waals surface area contributed by atoms with Gasteiger partial charge in [0.05, 0.1) is 11.4 Å². The number of thioether (sulfide) groups is 1. The molecule has 3 rings (SSSR count). The third kappa shape index (κ3) is 4.83. The van der Waals surface area contributed by atoms with E-state index in [1.54, 1.807) is 36.5 Å². The molecule has 0 radical (unpaired) electrons. The fourth-order valence-corrected chi connectivity index (χ4v) is 3.31. The Morgan fingerprint density at radius 2 is 2.00 bits per heavy atom. The average molecular weight is 381 g/mol. The van der Waals surface area contributed by atoms with Crippen LogP contribution in [0, 0.1) is 6.92 Å². The van der Waals surface area contributed by atoms with Crippen molar-refractivity contribution in [2.45, 2.75) is 19.6 Å². The molecule has 0 saturated carbocycles. The molecule has 0 atom stereocenters. The number of Topliss-reactive ketones (excluding diaryl/α,β-unsaturated/α-hetero) is 1. The van der Waals surface area contributed by atoms with Crippen LogP contribution >= 0.6 is 11.8 Å². The van der Waals surface area contributed by atoms with Gasteiger partial charge in [-0.1, -0.05) is 18.2 Å². The van der Waals surface area contributed by atoms with Crippen LogP contribution in [0.25, 0.3) is 5.65 Å². The summed E-state index contributed by atoms with van der Waals surface area (Å²) in [4.78, 5) is 40.1. The van der Waals surface area contributed by atoms with E-state index in [2.05, 4.69) is 10.3 Å². The highest BCUT2D eigenvalue weighted by atomic mass is 32.2. The van der Waals surface area contributed by atoms with E-state index in [1.807, 2.05) is 13.0 Å². The van der Waals surface area contributed by atoms with Gasteiger partial charge < -0.3 is 5.32 Å². The summed E-state index contributed by atoms with van der Waals surface area (Å²) in [7, 11) is 0. The summed E-state index contributed by atoms with van der Waals surface area (Å²) in [6.07, 6.45) is 1.75. The van der Waals surface area contributed by atoms with E-state index in [-0.39, 0.29) is 23.0 Å². The van der Waals surface area contributed by atoms with Gasteiger partial charge >= 0.3 is 0 Å². The summed E-state index contributed by atoms with van der Waals surface area (Å²) in [6, 6.07) is 12.0. The molecule has 0 aliphatic rings. The third-order valence-electron chi connectivity index (χ3n) is 3.90. The number of nitrogens with one attached hydrogen (secondary N) is 1. The molecule has 0 aliphatic carbocycles. The first-order valence-corrected chi connectivity index (χ1v) is 9.55. The van der Waals surface area contributed by atoms with Gasteiger partial charge in [0.2, 0.25) is 5.91 Å². The summed E-state index contributed by atoms with van der Waals surface area (Å²) in [5.74, 6) is 0.456. The van der Waals surface area contributed by atoms with Gasteiger partial charge in [-0.2, -0.15) is 0 Å². The quantitative estimate of drug-likeness (QED) is 0.664. The average Bonchev–Trinajstić information content (AvgIpc) is 2.62. The molecular weight excluding hydrogens is 362 g/mol. The van der Waals surface area contributed by atoms with Gasteiger partial charge in [0.1, 0.15) is 5.65 Å². The summed E-state index contributed by atoms with van der Waals surface area (Å²) < 4.78 is 1.51. The van der Waals surface area contributed by atoms with Crippen LogP contribution in [0.5, 0.6) is 0 Å². The lowest BCUT2D eigenvalue weighted by Gasteiger charge is -2.07. The number of amides is 1. The highest BCUT2D eigenvalue weighted by Gasteiger charge is 2.07. The third-order valence-corrected chi connectivity index (χ3v) is 4.86. The van der Waals surface area contributed by atoms with Gasteiger partial charge in [0, 0.05) is 29.3 Å². The Morgan fingerprint density at radius 1 is 1.19 bits per heavy atom. The first kappa shape index (κ1) is 18.8. The second kappa shape index (κ2) is 8.18. The van der Waals surface area contributed by atoms with Gasteiger partial charge in [-0.05, 0) is 37.6 Å². The lowest BCUT2D eigenvalue weighted by molar-refractivity contribution is -0.113. The molecule has 0 aliphatic heterocycles. The molecule has 0 saturated heterocycles. The number of fused-ring (bicyclic) bond motifs is 1. The largest absolute Gasteiger partial charge is 0.325 e. The van der Waals surface area contributed by atoms with E-state index in [1.165, 1.54) is 29.2 Å². The van der Waals surface area contributed by atoms with E-state index < -0.39 is 0 Å². The summed E-state index contributed by atoms with van der Waals surface area (Å²) in [5.41, 5.74) is 3.22. The van der Waals surface area contributed by atoms with Gasteiger partial charge in [-0.3, -0.25) is 18.8 Å². The summed E-state index contributed by atoms with van der Waals surface area (Å²) in [5, 5.41) is 2.77. The highest BCUT2D eigenvalue weighted by molar-refractivity contribution is 7.99. The van der Waals surface area contributed by atoms with Crippen molar-refractivity contribution in [1.29, 1.82) is 0 Å². The zero-order valence-electron chi connectivity index (χ0n) is 15.1. The van der Waals surface area contributed by atoms with E-state index in [4.69, 9.17) is 0 Å². The molecule has 0 fully saturated rings. The molecule has 7 heteroatoms. The minimum absolute atomic E-state index is 0.0515. The summed E-state index contributed by atoms with van der Waals surface area (Å²) in [6.45, 7) is 3.40. The number of nitrogens with zero attached hydrogens (tertiary/aromatic N) is 2. The maximum absolute atomic E-state index is 12.2. The monoisotopic (exact) mass is 381 g/mol. The van der Waals surface area contributed by atoms with Crippen LogP contribution in [-0.2, 0) is 10.5 Å². The molecule has 3 aromatic rings. The molecule has 2 aromatic heterocycles. The number of hydrogen-bond acceptors (Lipinski definition) is 5. The Bertz CT molecular complexity index is 1080. The molecule has 6 nitrogen and oxygen atoms in total. The number of carbonyl (C=O) groups excluding carboxylic acids is 2. The van der Waals surface area contributed by atoms with E-state index in [0.717, 1.165) is 5.56 Å². The standard InChI is InChI=1S/C20H19N3O3S/c1-13-6-7-18-21-17(9-20(26)23(18)10-13)11-27-12-19(25)22-16-5-3-4-15(8-16)14(2)24/h3-10H,11-12H2,1-2H3,(H,22,25). The predicted octanol–water partition coefficient (Wildman–Crippen LogP) is 3.08. The second-order valence-corrected chi connectivity index (χ2v) is 7.18. The topological polar surface area (TPSA) is 80.5 Å². The van der Waals surface area contributed by atoms with Crippen LogP contribution < -0.4 is 10.9 Å². The van der Waals surface area contributed by atoms with Crippen LogP contribution in [0.1, 0.15) is 28.5 Å². The molecule has 0 bridgehead atoms. The van der Waals surface area contributed by atoms with E-state index in [9.17, 15) is 14.4 Å². The predicted molar refractivity (Wildman–Crippen MR) is 107 cm³/mol. The fraction of sp³-hybridized carbons (Fsp3) is 0.200. The van der Waals surface area contributed by atoms with Crippen LogP contribution in [0.3, 0.4) is 0 Å². The maximum atomic E-state index is 12.2. The van der Waals surface area contributed by atoms with Crippen molar-refractivity contribution >= 4 is 34.8 Å². The van der Waals surface area contributed by atoms with Gasteiger partial charge in [-0.25, -0.2) is 4.98 Å². The Morgan fingerprint density at radius 3 is 2.78 bits per heavy atom. The van der Waals surface area contributed by atoms with E-state index in [0.29, 0.717) is 28.3 Å². The van der Waals surface area contributed by atoms with Crippen LogP contribution in [0.15, 0.2) is 53.5 Å². The Hall–Kier alpha value is -2.93. The Kier molecular flexibility index (Phi) is 5.71. The molecule has 0 unspecified atom stereocenters. The number of benzene rings is 1. The number of rotatable bonds is 6. The SMILES string of the molecule is CC(=O)c1cccc(NC(=O)CSCc2cc(=O)n3cc(C)ccc3n2)c1. The molecular formula is C20H19N3O3S. The fourth-order valence-electron chi connectivity index (χ4n) is 2.59. The number of hydrogen-bond donors (Lipinski definition) is 1. The molecule has 27 heavy (non-hydrogen) atoms. The van der Waals surface area contributed by atoms with Crippen molar-refractivity contribution in [2.24, 2.45) is 0 Å². The molecule has 1 N–H and O–H groups in total. The molecule has 138 valence electrons. The van der Waals surface area contributed by atoms with Crippen molar-refractivity contribution < 1.29 is 9.59 Å². The van der Waals surface area contributed by atoms with Gasteiger partial charge in [0.25, 0.3) is 5.56 Å². The molecule has 2 heterocycles. The maximum Gasteiger partial charge on any atom is 0.258 e. The van der Waals surface area contributed by atoms with Crippen molar-refractivity contribution in [3.63, 3.8) is 0 Å². The first-order valence-electron chi connectivity index (χ1n) is 8.40. The Balaban J connectivity index is 1.59. The molecule has 1 amide bonds. The first-order chi connectivity index (χ1) is 12.9.